The topological polar surface area (TPSA) is 82.5 Å². The molecule has 2 aromatic heterocycles. The Bertz CT molecular complexity index is 895. The van der Waals surface area contributed by atoms with Crippen molar-refractivity contribution in [2.45, 2.75) is 26.8 Å². The zero-order valence-corrected chi connectivity index (χ0v) is 16.9. The molecule has 0 aliphatic carbocycles. The van der Waals surface area contributed by atoms with Gasteiger partial charge in [0.05, 0.1) is 5.92 Å². The van der Waals surface area contributed by atoms with E-state index in [-0.39, 0.29) is 17.7 Å². The predicted molar refractivity (Wildman–Crippen MR) is 108 cm³/mol. The standard InChI is InChI=1S/C21H26N6O2/c1-15-16(2)23-14-24-20(15)25-6-8-26(9-7-25)21(29)18-10-19(28)27(13-18)12-17-4-3-5-22-11-17/h3-5,11,14,18H,6-10,12-13H2,1-2H3/t18-/m0/s1. The second-order valence-electron chi connectivity index (χ2n) is 7.76. The van der Waals surface area contributed by atoms with Crippen molar-refractivity contribution in [2.75, 3.05) is 37.6 Å². The number of aromatic nitrogens is 3. The Balaban J connectivity index is 1.34. The molecule has 0 unspecified atom stereocenters. The first-order chi connectivity index (χ1) is 14.0. The summed E-state index contributed by atoms with van der Waals surface area (Å²) in [4.78, 5) is 44.0. The number of carbonyl (C=O) groups excluding carboxylic acids is 2. The van der Waals surface area contributed by atoms with Crippen molar-refractivity contribution >= 4 is 17.6 Å². The van der Waals surface area contributed by atoms with Gasteiger partial charge in [0.1, 0.15) is 12.1 Å². The van der Waals surface area contributed by atoms with Crippen molar-refractivity contribution in [1.29, 1.82) is 0 Å². The van der Waals surface area contributed by atoms with Gasteiger partial charge in [-0.15, -0.1) is 0 Å². The summed E-state index contributed by atoms with van der Waals surface area (Å²) < 4.78 is 0. The maximum Gasteiger partial charge on any atom is 0.228 e. The third-order valence-electron chi connectivity index (χ3n) is 5.86. The van der Waals surface area contributed by atoms with Gasteiger partial charge in [-0.05, 0) is 25.5 Å². The second-order valence-corrected chi connectivity index (χ2v) is 7.76. The van der Waals surface area contributed by atoms with Crippen LogP contribution in [-0.4, -0.2) is 69.3 Å². The summed E-state index contributed by atoms with van der Waals surface area (Å²) in [5.41, 5.74) is 3.05. The van der Waals surface area contributed by atoms with Crippen molar-refractivity contribution < 1.29 is 9.59 Å². The molecule has 0 radical (unpaired) electrons. The average Bonchev–Trinajstić information content (AvgIpc) is 3.11. The fourth-order valence-electron chi connectivity index (χ4n) is 4.04. The van der Waals surface area contributed by atoms with Gasteiger partial charge in [0.2, 0.25) is 11.8 Å². The van der Waals surface area contributed by atoms with E-state index in [9.17, 15) is 9.59 Å². The SMILES string of the molecule is Cc1ncnc(N2CCN(C(=O)[C@H]3CC(=O)N(Cc4cccnc4)C3)CC2)c1C. The third kappa shape index (κ3) is 4.06. The molecule has 4 heterocycles. The molecule has 0 spiro atoms. The van der Waals surface area contributed by atoms with Crippen LogP contribution in [0.1, 0.15) is 23.2 Å². The number of nitrogens with zero attached hydrogens (tertiary/aromatic N) is 6. The third-order valence-corrected chi connectivity index (χ3v) is 5.86. The summed E-state index contributed by atoms with van der Waals surface area (Å²) in [7, 11) is 0. The van der Waals surface area contributed by atoms with Crippen LogP contribution in [0, 0.1) is 19.8 Å². The number of pyridine rings is 1. The number of aryl methyl sites for hydroxylation is 1. The van der Waals surface area contributed by atoms with Crippen molar-refractivity contribution in [2.24, 2.45) is 5.92 Å². The molecule has 8 nitrogen and oxygen atoms in total. The van der Waals surface area contributed by atoms with Crippen molar-refractivity contribution in [1.82, 2.24) is 24.8 Å². The van der Waals surface area contributed by atoms with Gasteiger partial charge in [-0.25, -0.2) is 9.97 Å². The molecule has 2 fully saturated rings. The van der Waals surface area contributed by atoms with E-state index in [2.05, 4.69) is 19.9 Å². The molecule has 2 aliphatic rings. The van der Waals surface area contributed by atoms with E-state index in [0.717, 1.165) is 35.7 Å². The lowest BCUT2D eigenvalue weighted by molar-refractivity contribution is -0.136. The Hall–Kier alpha value is -3.03. The van der Waals surface area contributed by atoms with Crippen LogP contribution in [0.5, 0.6) is 0 Å². The molecule has 0 bridgehead atoms. The van der Waals surface area contributed by atoms with Crippen LogP contribution in [0.15, 0.2) is 30.9 Å². The fourth-order valence-corrected chi connectivity index (χ4v) is 4.04. The van der Waals surface area contributed by atoms with E-state index in [0.29, 0.717) is 32.6 Å². The van der Waals surface area contributed by atoms with E-state index in [1.807, 2.05) is 30.9 Å². The van der Waals surface area contributed by atoms with Gasteiger partial charge in [0, 0.05) is 69.3 Å². The fraction of sp³-hybridized carbons (Fsp3) is 0.476. The highest BCUT2D eigenvalue weighted by molar-refractivity contribution is 5.89. The minimum absolute atomic E-state index is 0.0397. The molecule has 2 aliphatic heterocycles. The summed E-state index contributed by atoms with van der Waals surface area (Å²) in [5, 5.41) is 0. The number of carbonyl (C=O) groups is 2. The minimum atomic E-state index is -0.256. The normalized spacial score (nSPS) is 19.7. The van der Waals surface area contributed by atoms with Gasteiger partial charge in [-0.3, -0.25) is 14.6 Å². The lowest BCUT2D eigenvalue weighted by Gasteiger charge is -2.37. The molecule has 29 heavy (non-hydrogen) atoms. The molecule has 2 amide bonds. The van der Waals surface area contributed by atoms with Crippen LogP contribution in [0.3, 0.4) is 0 Å². The maximum atomic E-state index is 13.0. The smallest absolute Gasteiger partial charge is 0.228 e. The van der Waals surface area contributed by atoms with Crippen LogP contribution >= 0.6 is 0 Å². The monoisotopic (exact) mass is 394 g/mol. The summed E-state index contributed by atoms with van der Waals surface area (Å²) in [6, 6.07) is 3.81. The van der Waals surface area contributed by atoms with E-state index >= 15 is 0 Å². The molecule has 1 atom stereocenters. The molecular formula is C21H26N6O2. The van der Waals surface area contributed by atoms with Crippen LogP contribution in [-0.2, 0) is 16.1 Å². The number of hydrogen-bond acceptors (Lipinski definition) is 6. The molecule has 4 rings (SSSR count). The number of hydrogen-bond donors (Lipinski definition) is 0. The summed E-state index contributed by atoms with van der Waals surface area (Å²) in [6.45, 7) is 7.78. The van der Waals surface area contributed by atoms with Gasteiger partial charge in [0.15, 0.2) is 0 Å². The molecule has 152 valence electrons. The summed E-state index contributed by atoms with van der Waals surface area (Å²) in [5.74, 6) is 0.817. The molecule has 2 saturated heterocycles. The molecule has 2 aromatic rings. The summed E-state index contributed by atoms with van der Waals surface area (Å²) >= 11 is 0. The van der Waals surface area contributed by atoms with E-state index in [1.54, 1.807) is 23.6 Å². The number of amides is 2. The average molecular weight is 394 g/mol. The van der Waals surface area contributed by atoms with Crippen LogP contribution in [0.2, 0.25) is 0 Å². The van der Waals surface area contributed by atoms with Gasteiger partial charge < -0.3 is 14.7 Å². The Morgan fingerprint density at radius 1 is 1.17 bits per heavy atom. The highest BCUT2D eigenvalue weighted by atomic mass is 16.2. The molecular weight excluding hydrogens is 368 g/mol. The first kappa shape index (κ1) is 19.3. The van der Waals surface area contributed by atoms with Crippen molar-refractivity contribution in [3.05, 3.63) is 47.7 Å². The Labute approximate surface area is 170 Å². The van der Waals surface area contributed by atoms with Crippen molar-refractivity contribution in [3.63, 3.8) is 0 Å². The first-order valence-corrected chi connectivity index (χ1v) is 10.0. The highest BCUT2D eigenvalue weighted by Crippen LogP contribution is 2.24. The highest BCUT2D eigenvalue weighted by Gasteiger charge is 2.37. The van der Waals surface area contributed by atoms with Crippen LogP contribution in [0.25, 0.3) is 0 Å². The zero-order valence-electron chi connectivity index (χ0n) is 16.9. The molecule has 8 heteroatoms. The van der Waals surface area contributed by atoms with E-state index < -0.39 is 0 Å². The van der Waals surface area contributed by atoms with Crippen LogP contribution < -0.4 is 4.90 Å². The quantitative estimate of drug-likeness (QED) is 0.775. The van der Waals surface area contributed by atoms with Gasteiger partial charge in [-0.1, -0.05) is 6.07 Å². The lowest BCUT2D eigenvalue weighted by Crippen LogP contribution is -2.51. The number of likely N-dealkylation sites (tertiary alicyclic amines) is 1. The van der Waals surface area contributed by atoms with Gasteiger partial charge in [-0.2, -0.15) is 0 Å². The van der Waals surface area contributed by atoms with E-state index in [1.165, 1.54) is 0 Å². The minimum Gasteiger partial charge on any atom is -0.353 e. The maximum absolute atomic E-state index is 13.0. The Kier molecular flexibility index (Phi) is 5.42. The lowest BCUT2D eigenvalue weighted by atomic mass is 10.1. The number of rotatable bonds is 4. The second kappa shape index (κ2) is 8.14. The first-order valence-electron chi connectivity index (χ1n) is 10.0. The number of anilines is 1. The predicted octanol–water partition coefficient (Wildman–Crippen LogP) is 1.19. The number of piperazine rings is 1. The Morgan fingerprint density at radius 3 is 2.69 bits per heavy atom. The van der Waals surface area contributed by atoms with E-state index in [4.69, 9.17) is 0 Å². The van der Waals surface area contributed by atoms with Crippen LogP contribution in [0.4, 0.5) is 5.82 Å². The van der Waals surface area contributed by atoms with Gasteiger partial charge in [0.25, 0.3) is 0 Å². The molecule has 0 N–H and O–H groups in total. The van der Waals surface area contributed by atoms with Gasteiger partial charge >= 0.3 is 0 Å². The van der Waals surface area contributed by atoms with Crippen molar-refractivity contribution in [3.8, 4) is 0 Å². The largest absolute Gasteiger partial charge is 0.353 e. The molecule has 0 aromatic carbocycles. The summed E-state index contributed by atoms with van der Waals surface area (Å²) in [6.07, 6.45) is 5.36. The zero-order chi connectivity index (χ0) is 20.4. The Morgan fingerprint density at radius 2 is 1.97 bits per heavy atom. The molecule has 0 saturated carbocycles.